The van der Waals surface area contributed by atoms with Gasteiger partial charge in [0.2, 0.25) is 5.60 Å². The van der Waals surface area contributed by atoms with Crippen LogP contribution in [0.25, 0.3) is 0 Å². The van der Waals surface area contributed by atoms with Gasteiger partial charge in [0, 0.05) is 18.9 Å². The van der Waals surface area contributed by atoms with E-state index in [9.17, 15) is 19.6 Å². The number of carbonyl (C=O) groups is 2. The maximum Gasteiger partial charge on any atom is 0.475 e. The van der Waals surface area contributed by atoms with Crippen LogP contribution < -0.4 is 10.6 Å². The van der Waals surface area contributed by atoms with Gasteiger partial charge in [0.05, 0.1) is 28.9 Å². The predicted octanol–water partition coefficient (Wildman–Crippen LogP) is 2.76. The zero-order chi connectivity index (χ0) is 28.2. The van der Waals surface area contributed by atoms with Crippen LogP contribution in [0.15, 0.2) is 29.4 Å². The number of aromatic nitrogens is 2. The average Bonchev–Trinajstić information content (AvgIpc) is 3.38. The van der Waals surface area contributed by atoms with Crippen LogP contribution in [0.1, 0.15) is 73.9 Å². The molecule has 2 aromatic rings. The minimum Gasteiger partial charge on any atom is -0.426 e. The molecule has 0 spiro atoms. The highest BCUT2D eigenvalue weighted by molar-refractivity contribution is 6.43. The first-order chi connectivity index (χ1) is 17.8. The second kappa shape index (κ2) is 12.3. The van der Waals surface area contributed by atoms with Crippen LogP contribution in [0.4, 0.5) is 0 Å². The van der Waals surface area contributed by atoms with Gasteiger partial charge in [-0.15, -0.1) is 0 Å². The number of hydrogen-bond donors (Lipinski definition) is 4. The zero-order valence-electron chi connectivity index (χ0n) is 22.8. The molecule has 1 aliphatic rings. The third kappa shape index (κ3) is 6.95. The predicted molar refractivity (Wildman–Crippen MR) is 147 cm³/mol. The quantitative estimate of drug-likeness (QED) is 0.320. The number of amides is 2. The van der Waals surface area contributed by atoms with Crippen LogP contribution >= 0.6 is 11.6 Å². The second-order valence-corrected chi connectivity index (χ2v) is 11.1. The van der Waals surface area contributed by atoms with E-state index in [4.69, 9.17) is 16.4 Å². The summed E-state index contributed by atoms with van der Waals surface area (Å²) in [7, 11) is -1.72. The lowest BCUT2D eigenvalue weighted by molar-refractivity contribution is -0.144. The van der Waals surface area contributed by atoms with Gasteiger partial charge < -0.3 is 25.5 Å². The minimum atomic E-state index is -1.72. The topological polar surface area (TPSA) is 138 Å². The summed E-state index contributed by atoms with van der Waals surface area (Å²) in [5.41, 5.74) is 1.77. The van der Waals surface area contributed by atoms with Crippen LogP contribution in [0.2, 0.25) is 5.02 Å². The van der Waals surface area contributed by atoms with E-state index in [1.54, 1.807) is 11.6 Å². The standard InChI is InChI=1S/C26H37BClN5O5/c1-15(2)10-21(27(36)37)30-25(35)26(12-19-9-7-8-17(5)11-19)13-20(32-38-26)14-29-24(34)23-22(28)18(6)31-33(23)16(3)4/h7-9,11,15-16,21,36-37H,10,12-14H2,1-6H3,(H,29,34)(H,30,35)/t21-,26?/m0/s1. The van der Waals surface area contributed by atoms with E-state index in [1.165, 1.54) is 0 Å². The van der Waals surface area contributed by atoms with Crippen molar-refractivity contribution in [2.45, 2.75) is 78.4 Å². The Morgan fingerprint density at radius 2 is 1.95 bits per heavy atom. The fourth-order valence-corrected chi connectivity index (χ4v) is 4.73. The molecule has 0 radical (unpaired) electrons. The molecule has 0 fully saturated rings. The Morgan fingerprint density at radius 1 is 1.24 bits per heavy atom. The fraction of sp³-hybridized carbons (Fsp3) is 0.538. The van der Waals surface area contributed by atoms with Gasteiger partial charge in [-0.05, 0) is 45.6 Å². The Bertz CT molecular complexity index is 1200. The number of aryl methyl sites for hydroxylation is 2. The molecule has 0 aliphatic carbocycles. The van der Waals surface area contributed by atoms with Gasteiger partial charge >= 0.3 is 7.12 Å². The molecule has 3 rings (SSSR count). The van der Waals surface area contributed by atoms with E-state index >= 15 is 0 Å². The van der Waals surface area contributed by atoms with Crippen LogP contribution in [0, 0.1) is 19.8 Å². The Morgan fingerprint density at radius 3 is 2.55 bits per heavy atom. The molecule has 4 N–H and O–H groups in total. The van der Waals surface area contributed by atoms with Crippen molar-refractivity contribution in [2.24, 2.45) is 11.1 Å². The number of rotatable bonds is 11. The number of halogens is 1. The lowest BCUT2D eigenvalue weighted by Crippen LogP contribution is -2.56. The Labute approximate surface area is 228 Å². The summed E-state index contributed by atoms with van der Waals surface area (Å²) >= 11 is 6.36. The number of oxime groups is 1. The van der Waals surface area contributed by atoms with E-state index in [1.807, 2.05) is 58.9 Å². The van der Waals surface area contributed by atoms with E-state index in [0.29, 0.717) is 17.8 Å². The normalized spacial score (nSPS) is 17.8. The van der Waals surface area contributed by atoms with Crippen LogP contribution in [-0.4, -0.2) is 62.6 Å². The van der Waals surface area contributed by atoms with Crippen molar-refractivity contribution in [3.05, 3.63) is 51.8 Å². The summed E-state index contributed by atoms with van der Waals surface area (Å²) in [5, 5.41) is 34.1. The molecule has 1 unspecified atom stereocenters. The number of nitrogens with zero attached hydrogens (tertiary/aromatic N) is 3. The molecule has 1 aromatic heterocycles. The van der Waals surface area contributed by atoms with Crippen molar-refractivity contribution in [1.29, 1.82) is 0 Å². The fourth-order valence-electron chi connectivity index (χ4n) is 4.52. The first-order valence-electron chi connectivity index (χ1n) is 12.8. The Hall–Kier alpha value is -2.89. The molecular weight excluding hydrogens is 509 g/mol. The highest BCUT2D eigenvalue weighted by Gasteiger charge is 2.48. The maximum absolute atomic E-state index is 13.6. The summed E-state index contributed by atoms with van der Waals surface area (Å²) in [6.07, 6.45) is 0.694. The van der Waals surface area contributed by atoms with Gasteiger partial charge in [-0.3, -0.25) is 14.3 Å². The molecule has 1 aromatic carbocycles. The van der Waals surface area contributed by atoms with Gasteiger partial charge in [-0.25, -0.2) is 0 Å². The van der Waals surface area contributed by atoms with Crippen molar-refractivity contribution in [2.75, 3.05) is 6.54 Å². The summed E-state index contributed by atoms with van der Waals surface area (Å²) < 4.78 is 1.57. The van der Waals surface area contributed by atoms with Gasteiger partial charge in [-0.2, -0.15) is 5.10 Å². The van der Waals surface area contributed by atoms with Gasteiger partial charge in [0.25, 0.3) is 11.8 Å². The molecule has 0 saturated heterocycles. The molecule has 206 valence electrons. The van der Waals surface area contributed by atoms with E-state index in [0.717, 1.165) is 11.1 Å². The smallest absolute Gasteiger partial charge is 0.426 e. The van der Waals surface area contributed by atoms with Crippen molar-refractivity contribution in [1.82, 2.24) is 20.4 Å². The molecule has 10 nitrogen and oxygen atoms in total. The molecule has 2 atom stereocenters. The van der Waals surface area contributed by atoms with Gasteiger partial charge in [0.15, 0.2) is 0 Å². The van der Waals surface area contributed by atoms with Crippen LogP contribution in [0.3, 0.4) is 0 Å². The van der Waals surface area contributed by atoms with Gasteiger partial charge in [-0.1, -0.05) is 60.4 Å². The Kier molecular flexibility index (Phi) is 9.62. The molecule has 12 heteroatoms. The molecular formula is C26H37BClN5O5. The third-order valence-corrected chi connectivity index (χ3v) is 6.85. The Balaban J connectivity index is 1.79. The summed E-state index contributed by atoms with van der Waals surface area (Å²) in [6.45, 7) is 11.4. The maximum atomic E-state index is 13.6. The third-order valence-electron chi connectivity index (χ3n) is 6.40. The summed E-state index contributed by atoms with van der Waals surface area (Å²) in [6, 6.07) is 7.64. The number of nitrogens with one attached hydrogen (secondary N) is 2. The molecule has 38 heavy (non-hydrogen) atoms. The minimum absolute atomic E-state index is 0.0401. The molecule has 2 amide bonds. The van der Waals surface area contributed by atoms with Gasteiger partial charge in [0.1, 0.15) is 5.69 Å². The SMILES string of the molecule is Cc1cccc(CC2(C(=O)N[C@@H](CC(C)C)B(O)O)CC(CNC(=O)c3c(Cl)c(C)nn3C(C)C)=NO2)c1. The first kappa shape index (κ1) is 29.7. The average molecular weight is 546 g/mol. The highest BCUT2D eigenvalue weighted by atomic mass is 35.5. The van der Waals surface area contributed by atoms with Crippen LogP contribution in [0.5, 0.6) is 0 Å². The molecule has 0 saturated carbocycles. The van der Waals surface area contributed by atoms with E-state index < -0.39 is 30.5 Å². The lowest BCUT2D eigenvalue weighted by Gasteiger charge is -2.29. The van der Waals surface area contributed by atoms with E-state index in [-0.39, 0.29) is 42.1 Å². The number of carbonyl (C=O) groups excluding carboxylic acids is 2. The molecule has 1 aliphatic heterocycles. The van der Waals surface area contributed by atoms with Crippen molar-refractivity contribution >= 4 is 36.2 Å². The summed E-state index contributed by atoms with van der Waals surface area (Å²) in [5.74, 6) is -1.66. The lowest BCUT2D eigenvalue weighted by atomic mass is 9.74. The molecule has 0 bridgehead atoms. The van der Waals surface area contributed by atoms with E-state index in [2.05, 4.69) is 20.9 Å². The highest BCUT2D eigenvalue weighted by Crippen LogP contribution is 2.30. The zero-order valence-corrected chi connectivity index (χ0v) is 23.5. The number of hydrogen-bond acceptors (Lipinski definition) is 7. The molecule has 2 heterocycles. The number of benzene rings is 1. The second-order valence-electron chi connectivity index (χ2n) is 10.7. The monoisotopic (exact) mass is 545 g/mol. The largest absolute Gasteiger partial charge is 0.475 e. The summed E-state index contributed by atoms with van der Waals surface area (Å²) in [4.78, 5) is 32.4. The van der Waals surface area contributed by atoms with Crippen molar-refractivity contribution in [3.63, 3.8) is 0 Å². The van der Waals surface area contributed by atoms with Crippen molar-refractivity contribution in [3.8, 4) is 0 Å². The van der Waals surface area contributed by atoms with Crippen LogP contribution in [-0.2, 0) is 16.1 Å². The van der Waals surface area contributed by atoms with Crippen molar-refractivity contribution < 1.29 is 24.5 Å². The first-order valence-corrected chi connectivity index (χ1v) is 13.2.